The van der Waals surface area contributed by atoms with Crippen LogP contribution < -0.4 is 0 Å². The fraction of sp³-hybridized carbons (Fsp3) is 0.292. The van der Waals surface area contributed by atoms with Crippen LogP contribution in [0.1, 0.15) is 49.6 Å². The number of nitrogens with zero attached hydrogens (tertiary/aromatic N) is 4. The molecule has 5 nitrogen and oxygen atoms in total. The molecule has 0 unspecified atom stereocenters. The lowest BCUT2D eigenvalue weighted by Gasteiger charge is -2.17. The van der Waals surface area contributed by atoms with Gasteiger partial charge in [-0.1, -0.05) is 58.4 Å². The van der Waals surface area contributed by atoms with Gasteiger partial charge in [-0.15, -0.1) is 10.2 Å². The van der Waals surface area contributed by atoms with Crippen molar-refractivity contribution in [1.82, 2.24) is 19.7 Å². The van der Waals surface area contributed by atoms with E-state index in [2.05, 4.69) is 30.7 Å². The van der Waals surface area contributed by atoms with Gasteiger partial charge in [-0.25, -0.2) is 4.98 Å². The van der Waals surface area contributed by atoms with E-state index < -0.39 is 0 Å². The summed E-state index contributed by atoms with van der Waals surface area (Å²) < 4.78 is 9.20. The van der Waals surface area contributed by atoms with E-state index in [1.165, 1.54) is 19.3 Å². The summed E-state index contributed by atoms with van der Waals surface area (Å²) in [6, 6.07) is 13.5. The summed E-state index contributed by atoms with van der Waals surface area (Å²) in [4.78, 5) is 4.93. The summed E-state index contributed by atoms with van der Waals surface area (Å²) in [6.07, 6.45) is 5.89. The van der Waals surface area contributed by atoms with E-state index in [4.69, 9.17) is 32.6 Å². The van der Waals surface area contributed by atoms with Gasteiger partial charge in [0.1, 0.15) is 11.5 Å². The maximum atomic E-state index is 6.57. The molecule has 0 atom stereocenters. The Hall–Kier alpha value is -2.15. The Bertz CT molecular complexity index is 1260. The van der Waals surface area contributed by atoms with Gasteiger partial charge in [0.15, 0.2) is 0 Å². The number of halogens is 3. The van der Waals surface area contributed by atoms with E-state index in [9.17, 15) is 0 Å². The van der Waals surface area contributed by atoms with Gasteiger partial charge in [0.25, 0.3) is 5.89 Å². The molecule has 8 heteroatoms. The Morgan fingerprint density at radius 3 is 2.47 bits per heavy atom. The molecular weight excluding hydrogens is 511 g/mol. The van der Waals surface area contributed by atoms with E-state index in [0.717, 1.165) is 34.3 Å². The van der Waals surface area contributed by atoms with E-state index in [1.54, 1.807) is 6.07 Å². The Kier molecular flexibility index (Phi) is 6.10. The third kappa shape index (κ3) is 4.12. The number of hydrogen-bond donors (Lipinski definition) is 0. The summed E-state index contributed by atoms with van der Waals surface area (Å²) in [7, 11) is 0. The average Bonchev–Trinajstić information content (AvgIpc) is 3.40. The van der Waals surface area contributed by atoms with E-state index >= 15 is 0 Å². The number of hydrogen-bond acceptors (Lipinski definition) is 4. The van der Waals surface area contributed by atoms with Gasteiger partial charge in [0.05, 0.1) is 10.7 Å². The first-order chi connectivity index (χ1) is 15.5. The highest BCUT2D eigenvalue weighted by Gasteiger charge is 2.26. The minimum atomic E-state index is 0.337. The van der Waals surface area contributed by atoms with E-state index in [0.29, 0.717) is 39.3 Å². The molecule has 1 aliphatic carbocycles. The molecule has 1 fully saturated rings. The van der Waals surface area contributed by atoms with Gasteiger partial charge in [0, 0.05) is 26.7 Å². The normalized spacial score (nSPS) is 14.8. The summed E-state index contributed by atoms with van der Waals surface area (Å²) >= 11 is 16.2. The summed E-state index contributed by atoms with van der Waals surface area (Å²) in [6.45, 7) is 2.00. The van der Waals surface area contributed by atoms with Crippen LogP contribution in [0.3, 0.4) is 0 Å². The summed E-state index contributed by atoms with van der Waals surface area (Å²) in [5, 5.41) is 9.83. The molecule has 0 spiro atoms. The first-order valence-electron chi connectivity index (χ1n) is 10.7. The number of aromatic nitrogens is 4. The minimum absolute atomic E-state index is 0.337. The van der Waals surface area contributed by atoms with Crippen molar-refractivity contribution in [2.75, 3.05) is 0 Å². The van der Waals surface area contributed by atoms with Crippen LogP contribution in [0.25, 0.3) is 28.7 Å². The Morgan fingerprint density at radius 1 is 1.00 bits per heavy atom. The van der Waals surface area contributed by atoms with E-state index in [-0.39, 0.29) is 0 Å². The van der Waals surface area contributed by atoms with Crippen molar-refractivity contribution in [3.63, 3.8) is 0 Å². The molecule has 0 aliphatic heterocycles. The fourth-order valence-electron chi connectivity index (χ4n) is 4.31. The molecule has 2 aromatic carbocycles. The first kappa shape index (κ1) is 21.7. The fourth-order valence-corrected chi connectivity index (χ4v) is 5.06. The van der Waals surface area contributed by atoms with Crippen LogP contribution >= 0.6 is 39.1 Å². The molecule has 1 aliphatic rings. The van der Waals surface area contributed by atoms with Gasteiger partial charge in [0.2, 0.25) is 5.89 Å². The molecule has 0 radical (unpaired) electrons. The molecule has 2 aromatic heterocycles. The maximum Gasteiger partial charge on any atom is 0.268 e. The highest BCUT2D eigenvalue weighted by Crippen LogP contribution is 2.37. The van der Waals surface area contributed by atoms with Crippen LogP contribution in [0.4, 0.5) is 0 Å². The highest BCUT2D eigenvalue weighted by molar-refractivity contribution is 9.10. The lowest BCUT2D eigenvalue weighted by molar-refractivity contribution is 0.367. The molecule has 0 N–H and O–H groups in total. The molecule has 1 saturated carbocycles. The molecule has 164 valence electrons. The minimum Gasteiger partial charge on any atom is -0.419 e. The monoisotopic (exact) mass is 530 g/mol. The second kappa shape index (κ2) is 9.00. The highest BCUT2D eigenvalue weighted by atomic mass is 79.9. The van der Waals surface area contributed by atoms with Crippen LogP contribution in [0.2, 0.25) is 10.0 Å². The predicted octanol–water partition coefficient (Wildman–Crippen LogP) is 8.01. The first-order valence-corrected chi connectivity index (χ1v) is 12.2. The van der Waals surface area contributed by atoms with Crippen molar-refractivity contribution in [3.05, 3.63) is 68.6 Å². The smallest absolute Gasteiger partial charge is 0.268 e. The van der Waals surface area contributed by atoms with Gasteiger partial charge in [-0.2, -0.15) is 0 Å². The Labute approximate surface area is 204 Å². The van der Waals surface area contributed by atoms with Crippen molar-refractivity contribution in [2.24, 2.45) is 0 Å². The van der Waals surface area contributed by atoms with Crippen LogP contribution in [0.15, 0.2) is 51.4 Å². The second-order valence-electron chi connectivity index (χ2n) is 8.09. The zero-order valence-electron chi connectivity index (χ0n) is 17.5. The molecule has 0 saturated heterocycles. The van der Waals surface area contributed by atoms with Crippen molar-refractivity contribution < 1.29 is 4.42 Å². The number of rotatable bonds is 4. The van der Waals surface area contributed by atoms with Crippen LogP contribution in [0, 0.1) is 6.92 Å². The van der Waals surface area contributed by atoms with Crippen molar-refractivity contribution in [1.29, 1.82) is 0 Å². The molecule has 32 heavy (non-hydrogen) atoms. The van der Waals surface area contributed by atoms with Crippen LogP contribution in [-0.4, -0.2) is 19.7 Å². The van der Waals surface area contributed by atoms with Gasteiger partial charge in [-0.05, 0) is 62.2 Å². The largest absolute Gasteiger partial charge is 0.419 e. The number of benzene rings is 2. The molecule has 0 bridgehead atoms. The van der Waals surface area contributed by atoms with Crippen molar-refractivity contribution in [3.8, 4) is 28.7 Å². The molecule has 4 aromatic rings. The summed E-state index contributed by atoms with van der Waals surface area (Å²) in [5.41, 5.74) is 3.29. The van der Waals surface area contributed by atoms with Crippen molar-refractivity contribution in [2.45, 2.75) is 44.9 Å². The lowest BCUT2D eigenvalue weighted by atomic mass is 9.89. The lowest BCUT2D eigenvalue weighted by Crippen LogP contribution is -2.04. The molecule has 5 rings (SSSR count). The Balaban J connectivity index is 1.64. The van der Waals surface area contributed by atoms with Crippen LogP contribution in [0.5, 0.6) is 0 Å². The van der Waals surface area contributed by atoms with Gasteiger partial charge >= 0.3 is 0 Å². The summed E-state index contributed by atoms with van der Waals surface area (Å²) in [5.74, 6) is 2.18. The predicted molar refractivity (Wildman–Crippen MR) is 131 cm³/mol. The van der Waals surface area contributed by atoms with Crippen LogP contribution in [-0.2, 0) is 0 Å². The third-order valence-corrected chi connectivity index (χ3v) is 7.04. The maximum absolute atomic E-state index is 6.57. The molecular formula is C24H21BrCl2N4O. The molecule has 0 amide bonds. The SMILES string of the molecule is Cc1c(-c2nnc(C3CCCCC3)o2)nc(-c2ccc(Cl)cc2Cl)n1-c1ccc(Br)cc1. The second-order valence-corrected chi connectivity index (χ2v) is 9.85. The van der Waals surface area contributed by atoms with Crippen molar-refractivity contribution >= 4 is 39.1 Å². The topological polar surface area (TPSA) is 56.7 Å². The average molecular weight is 532 g/mol. The number of imidazole rings is 1. The zero-order valence-corrected chi connectivity index (χ0v) is 20.6. The van der Waals surface area contributed by atoms with Gasteiger partial charge < -0.3 is 4.42 Å². The quantitative estimate of drug-likeness (QED) is 0.267. The standard InChI is InChI=1S/C24H21BrCl2N4O/c1-14-21(24-30-29-23(32-24)15-5-3-2-4-6-15)28-22(19-12-9-17(26)13-20(19)27)31(14)18-10-7-16(25)8-11-18/h7-13,15H,2-6H2,1H3. The third-order valence-electron chi connectivity index (χ3n) is 5.96. The zero-order chi connectivity index (χ0) is 22.2. The van der Waals surface area contributed by atoms with E-state index in [1.807, 2.05) is 43.3 Å². The van der Waals surface area contributed by atoms with Gasteiger partial charge in [-0.3, -0.25) is 4.57 Å². The molecule has 2 heterocycles. The Morgan fingerprint density at radius 2 is 1.75 bits per heavy atom.